The second-order valence-corrected chi connectivity index (χ2v) is 7.58. The van der Waals surface area contributed by atoms with Gasteiger partial charge in [-0.3, -0.25) is 14.5 Å². The maximum atomic E-state index is 12.6. The van der Waals surface area contributed by atoms with Gasteiger partial charge in [0.25, 0.3) is 5.91 Å². The number of halogens is 4. The summed E-state index contributed by atoms with van der Waals surface area (Å²) in [6.07, 6.45) is -0.112. The van der Waals surface area contributed by atoms with Gasteiger partial charge in [-0.2, -0.15) is 10.1 Å². The molecule has 0 radical (unpaired) electrons. The highest BCUT2D eigenvalue weighted by molar-refractivity contribution is 6.43. The number of hydrogen-bond acceptors (Lipinski definition) is 3. The minimum Gasteiger partial charge on any atom is -0.274 e. The summed E-state index contributed by atoms with van der Waals surface area (Å²) in [7, 11) is 0. The summed E-state index contributed by atoms with van der Waals surface area (Å²) in [5.74, 6) is -0.488. The summed E-state index contributed by atoms with van der Waals surface area (Å²) >= 11 is 24.6. The van der Waals surface area contributed by atoms with E-state index in [2.05, 4.69) is 5.10 Å². The Bertz CT molecular complexity index is 968. The fourth-order valence-electron chi connectivity index (χ4n) is 2.74. The molecule has 9 heteroatoms. The van der Waals surface area contributed by atoms with Crippen molar-refractivity contribution in [3.8, 4) is 0 Å². The summed E-state index contributed by atoms with van der Waals surface area (Å²) in [6, 6.07) is 8.19. The lowest BCUT2D eigenvalue weighted by molar-refractivity contribution is -0.116. The van der Waals surface area contributed by atoms with Crippen molar-refractivity contribution < 1.29 is 9.59 Å². The van der Waals surface area contributed by atoms with Crippen molar-refractivity contribution in [1.29, 1.82) is 0 Å². The number of carbonyl (C=O) groups excluding carboxylic acids is 2. The first-order valence-electron chi connectivity index (χ1n) is 7.81. The van der Waals surface area contributed by atoms with Crippen LogP contribution in [0.4, 0.5) is 11.4 Å². The first-order chi connectivity index (χ1) is 12.7. The summed E-state index contributed by atoms with van der Waals surface area (Å²) in [4.78, 5) is 26.2. The van der Waals surface area contributed by atoms with Gasteiger partial charge in [-0.05, 0) is 36.8 Å². The molecule has 140 valence electrons. The monoisotopic (exact) mass is 443 g/mol. The van der Waals surface area contributed by atoms with Crippen LogP contribution in [0, 0.1) is 6.92 Å². The third kappa shape index (κ3) is 3.92. The van der Waals surface area contributed by atoms with Crippen LogP contribution in [-0.4, -0.2) is 17.6 Å². The van der Waals surface area contributed by atoms with Gasteiger partial charge in [-0.1, -0.05) is 52.5 Å². The molecule has 2 aromatic rings. The van der Waals surface area contributed by atoms with Crippen LogP contribution in [0.25, 0.3) is 0 Å². The van der Waals surface area contributed by atoms with Gasteiger partial charge in [0.15, 0.2) is 0 Å². The molecule has 2 amide bonds. The number of hydrogen-bond donors (Lipinski definition) is 0. The van der Waals surface area contributed by atoms with Gasteiger partial charge < -0.3 is 0 Å². The maximum Gasteiger partial charge on any atom is 0.255 e. The molecule has 5 nitrogen and oxygen atoms in total. The molecule has 1 aliphatic rings. The molecule has 0 fully saturated rings. The third-order valence-electron chi connectivity index (χ3n) is 3.87. The van der Waals surface area contributed by atoms with Crippen molar-refractivity contribution in [2.24, 2.45) is 5.10 Å². The number of nitrogens with zero attached hydrogens (tertiary/aromatic N) is 3. The Balaban J connectivity index is 2.09. The molecule has 0 spiro atoms. The summed E-state index contributed by atoms with van der Waals surface area (Å²) in [6.45, 7) is 3.25. The quantitative estimate of drug-likeness (QED) is 0.595. The molecule has 1 aliphatic heterocycles. The van der Waals surface area contributed by atoms with Gasteiger partial charge in [0.2, 0.25) is 5.91 Å². The topological polar surface area (TPSA) is 53.0 Å². The number of carbonyl (C=O) groups is 2. The van der Waals surface area contributed by atoms with E-state index >= 15 is 0 Å². The molecule has 0 unspecified atom stereocenters. The molecule has 0 bridgehead atoms. The maximum absolute atomic E-state index is 12.6. The standard InChI is InChI=1S/C18H13Cl4N3O2/c1-9-3-4-12(20)15(5-9)24(10(2)26)16-8-17(27)25(23-16)18-13(21)6-11(19)7-14(18)22/h3-7H,8H2,1-2H3. The molecule has 27 heavy (non-hydrogen) atoms. The SMILES string of the molecule is CC(=O)N(C1=NN(c2c(Cl)cc(Cl)cc2Cl)C(=O)C1)c1cc(C)ccc1Cl. The average molecular weight is 445 g/mol. The van der Waals surface area contributed by atoms with Gasteiger partial charge in [0.05, 0.1) is 27.2 Å². The van der Waals surface area contributed by atoms with Gasteiger partial charge in [0, 0.05) is 11.9 Å². The molecule has 0 aromatic heterocycles. The summed E-state index contributed by atoms with van der Waals surface area (Å²) in [5.41, 5.74) is 1.57. The van der Waals surface area contributed by atoms with Gasteiger partial charge >= 0.3 is 0 Å². The van der Waals surface area contributed by atoms with Crippen LogP contribution in [-0.2, 0) is 9.59 Å². The molecule has 3 rings (SSSR count). The first kappa shape index (κ1) is 20.0. The van der Waals surface area contributed by atoms with Crippen molar-refractivity contribution in [1.82, 2.24) is 0 Å². The molecule has 0 atom stereocenters. The van der Waals surface area contributed by atoms with E-state index in [0.29, 0.717) is 15.7 Å². The number of anilines is 2. The lowest BCUT2D eigenvalue weighted by Crippen LogP contribution is -2.34. The molecule has 0 aliphatic carbocycles. The van der Waals surface area contributed by atoms with Crippen LogP contribution in [0.2, 0.25) is 20.1 Å². The Labute approximate surface area is 176 Å². The normalized spacial score (nSPS) is 13.8. The zero-order valence-corrected chi connectivity index (χ0v) is 17.3. The summed E-state index contributed by atoms with van der Waals surface area (Å²) < 4.78 is 0. The largest absolute Gasteiger partial charge is 0.274 e. The van der Waals surface area contributed by atoms with E-state index in [1.54, 1.807) is 12.1 Å². The average Bonchev–Trinajstić information content (AvgIpc) is 2.91. The molecule has 0 saturated carbocycles. The van der Waals surface area contributed by atoms with Crippen LogP contribution in [0.15, 0.2) is 35.4 Å². The molecule has 2 aromatic carbocycles. The minimum absolute atomic E-state index is 0.112. The van der Waals surface area contributed by atoms with E-state index in [9.17, 15) is 9.59 Å². The highest BCUT2D eigenvalue weighted by Gasteiger charge is 2.34. The van der Waals surface area contributed by atoms with Crippen LogP contribution < -0.4 is 9.91 Å². The van der Waals surface area contributed by atoms with Crippen LogP contribution in [0.5, 0.6) is 0 Å². The Morgan fingerprint density at radius 3 is 2.30 bits per heavy atom. The second-order valence-electron chi connectivity index (χ2n) is 5.93. The highest BCUT2D eigenvalue weighted by Crippen LogP contribution is 2.39. The Morgan fingerprint density at radius 2 is 1.70 bits per heavy atom. The number of aryl methyl sites for hydroxylation is 1. The smallest absolute Gasteiger partial charge is 0.255 e. The predicted molar refractivity (Wildman–Crippen MR) is 110 cm³/mol. The zero-order valence-electron chi connectivity index (χ0n) is 14.3. The van der Waals surface area contributed by atoms with E-state index in [1.165, 1.54) is 24.0 Å². The zero-order chi connectivity index (χ0) is 19.9. The van der Waals surface area contributed by atoms with E-state index < -0.39 is 0 Å². The number of benzene rings is 2. The third-order valence-corrected chi connectivity index (χ3v) is 4.98. The summed E-state index contributed by atoms with van der Waals surface area (Å²) in [5, 5.41) is 6.43. The van der Waals surface area contributed by atoms with E-state index in [-0.39, 0.29) is 39.8 Å². The van der Waals surface area contributed by atoms with Gasteiger partial charge in [-0.15, -0.1) is 0 Å². The molecule has 1 heterocycles. The Hall–Kier alpha value is -1.79. The van der Waals surface area contributed by atoms with Gasteiger partial charge in [0.1, 0.15) is 11.5 Å². The van der Waals surface area contributed by atoms with Crippen LogP contribution in [0.3, 0.4) is 0 Å². The fraction of sp³-hybridized carbons (Fsp3) is 0.167. The van der Waals surface area contributed by atoms with E-state index in [0.717, 1.165) is 10.6 Å². The number of amides is 2. The second kappa shape index (κ2) is 7.68. The first-order valence-corrected chi connectivity index (χ1v) is 9.32. The lowest BCUT2D eigenvalue weighted by Gasteiger charge is -2.21. The Kier molecular flexibility index (Phi) is 5.68. The Morgan fingerprint density at radius 1 is 1.07 bits per heavy atom. The predicted octanol–water partition coefficient (Wildman–Crippen LogP) is 5.71. The number of rotatable bonds is 2. The highest BCUT2D eigenvalue weighted by atomic mass is 35.5. The van der Waals surface area contributed by atoms with Crippen molar-refractivity contribution in [3.63, 3.8) is 0 Å². The van der Waals surface area contributed by atoms with E-state index in [4.69, 9.17) is 46.4 Å². The molecule has 0 N–H and O–H groups in total. The van der Waals surface area contributed by atoms with Crippen LogP contribution >= 0.6 is 46.4 Å². The van der Waals surface area contributed by atoms with Gasteiger partial charge in [-0.25, -0.2) is 0 Å². The van der Waals surface area contributed by atoms with Crippen molar-refractivity contribution >= 4 is 75.4 Å². The number of hydrazone groups is 1. The van der Waals surface area contributed by atoms with Crippen molar-refractivity contribution in [3.05, 3.63) is 56.0 Å². The molecule has 0 saturated heterocycles. The minimum atomic E-state index is -0.383. The molecular formula is C18H13Cl4N3O2. The van der Waals surface area contributed by atoms with Crippen molar-refractivity contribution in [2.45, 2.75) is 20.3 Å². The number of amidine groups is 1. The molecular weight excluding hydrogens is 432 g/mol. The van der Waals surface area contributed by atoms with Crippen LogP contribution in [0.1, 0.15) is 18.9 Å². The van der Waals surface area contributed by atoms with E-state index in [1.807, 2.05) is 13.0 Å². The van der Waals surface area contributed by atoms with Crippen molar-refractivity contribution in [2.75, 3.05) is 9.91 Å². The lowest BCUT2D eigenvalue weighted by atomic mass is 10.2. The fourth-order valence-corrected chi connectivity index (χ4v) is 3.92.